The van der Waals surface area contributed by atoms with E-state index in [9.17, 15) is 24.0 Å². The molecule has 2 aliphatic heterocycles. The number of fused-ring (bicyclic) bond motifs is 1. The van der Waals surface area contributed by atoms with Gasteiger partial charge >= 0.3 is 12.1 Å². The van der Waals surface area contributed by atoms with Crippen LogP contribution < -0.4 is 32.3 Å². The minimum Gasteiger partial charge on any atom is -0.445 e. The van der Waals surface area contributed by atoms with Gasteiger partial charge in [0.2, 0.25) is 17.7 Å². The second-order valence-electron chi connectivity index (χ2n) is 10.8. The van der Waals surface area contributed by atoms with Gasteiger partial charge in [-0.05, 0) is 24.8 Å². The van der Waals surface area contributed by atoms with E-state index < -0.39 is 23.9 Å². The van der Waals surface area contributed by atoms with Crippen molar-refractivity contribution in [2.24, 2.45) is 5.73 Å². The van der Waals surface area contributed by atoms with E-state index in [-0.39, 0.29) is 63.4 Å². The lowest BCUT2D eigenvalue weighted by Gasteiger charge is -2.18. The van der Waals surface area contributed by atoms with Crippen molar-refractivity contribution in [2.45, 2.75) is 68.5 Å². The van der Waals surface area contributed by atoms with E-state index in [4.69, 9.17) is 24.7 Å². The maximum atomic E-state index is 12.5. The second kappa shape index (κ2) is 21.2. The summed E-state index contributed by atoms with van der Waals surface area (Å²) in [6.45, 7) is 1.88. The first-order valence-electron chi connectivity index (χ1n) is 15.5. The largest absolute Gasteiger partial charge is 0.445 e. The number of nitrogens with two attached hydrogens (primary N) is 1. The Balaban J connectivity index is 1.12. The average molecular weight is 667 g/mol. The van der Waals surface area contributed by atoms with Crippen LogP contribution in [0.4, 0.5) is 9.59 Å². The minimum atomic E-state index is -1.03. The summed E-state index contributed by atoms with van der Waals surface area (Å²) in [5.41, 5.74) is 5.98. The predicted octanol–water partition coefficient (Wildman–Crippen LogP) is 0.512. The number of nitrogens with one attached hydrogen (secondary N) is 5. The molecule has 4 atom stereocenters. The van der Waals surface area contributed by atoms with Gasteiger partial charge < -0.3 is 51.3 Å². The maximum Gasteiger partial charge on any atom is 0.408 e. The molecule has 16 heteroatoms. The molecule has 0 aromatic heterocycles. The minimum absolute atomic E-state index is 0.00478. The third-order valence-electron chi connectivity index (χ3n) is 7.24. The Morgan fingerprint density at radius 1 is 0.935 bits per heavy atom. The molecule has 0 spiro atoms. The summed E-state index contributed by atoms with van der Waals surface area (Å²) in [6.07, 6.45) is 2.31. The van der Waals surface area contributed by atoms with Crippen LogP contribution in [0.1, 0.15) is 44.1 Å². The highest BCUT2D eigenvalue weighted by molar-refractivity contribution is 8.00. The van der Waals surface area contributed by atoms with E-state index in [1.165, 1.54) is 0 Å². The molecule has 0 aliphatic carbocycles. The van der Waals surface area contributed by atoms with E-state index in [2.05, 4.69) is 26.6 Å². The number of urea groups is 1. The van der Waals surface area contributed by atoms with Crippen molar-refractivity contribution in [1.29, 1.82) is 0 Å². The summed E-state index contributed by atoms with van der Waals surface area (Å²) >= 11 is 1.88. The second-order valence-corrected chi connectivity index (χ2v) is 12.1. The van der Waals surface area contributed by atoms with Gasteiger partial charge in [-0.1, -0.05) is 36.8 Å². The molecule has 3 rings (SSSR count). The summed E-state index contributed by atoms with van der Waals surface area (Å²) < 4.78 is 21.4. The summed E-state index contributed by atoms with van der Waals surface area (Å²) in [5.74, 6) is -0.210. The van der Waals surface area contributed by atoms with Crippen LogP contribution in [-0.4, -0.2) is 105 Å². The number of benzene rings is 1. The summed E-state index contributed by atoms with van der Waals surface area (Å²) in [5, 5.41) is 14.2. The molecule has 46 heavy (non-hydrogen) atoms. The average Bonchev–Trinajstić information content (AvgIpc) is 3.60. The molecule has 0 radical (unpaired) electrons. The molecular weight excluding hydrogens is 620 g/mol. The fraction of sp³-hybridized carbons (Fsp3) is 0.633. The lowest BCUT2D eigenvalue weighted by molar-refractivity contribution is -0.125. The molecule has 0 saturated carbocycles. The van der Waals surface area contributed by atoms with E-state index in [0.717, 1.165) is 30.6 Å². The summed E-state index contributed by atoms with van der Waals surface area (Å²) in [4.78, 5) is 59.4. The zero-order valence-electron chi connectivity index (χ0n) is 26.0. The van der Waals surface area contributed by atoms with Gasteiger partial charge in [0.25, 0.3) is 0 Å². The molecule has 0 bridgehead atoms. The van der Waals surface area contributed by atoms with Crippen molar-refractivity contribution in [3.8, 4) is 0 Å². The molecule has 1 aromatic rings. The van der Waals surface area contributed by atoms with E-state index in [1.54, 1.807) is 12.1 Å². The maximum absolute atomic E-state index is 12.5. The van der Waals surface area contributed by atoms with Crippen molar-refractivity contribution in [2.75, 3.05) is 52.1 Å². The van der Waals surface area contributed by atoms with E-state index in [1.807, 2.05) is 30.0 Å². The number of thioether (sulfide) groups is 1. The number of amides is 6. The molecule has 2 fully saturated rings. The van der Waals surface area contributed by atoms with Gasteiger partial charge in [0.05, 0.1) is 45.1 Å². The lowest BCUT2D eigenvalue weighted by atomic mass is 10.0. The Bertz CT molecular complexity index is 1120. The molecule has 256 valence electrons. The third kappa shape index (κ3) is 14.7. The summed E-state index contributed by atoms with van der Waals surface area (Å²) in [6, 6.07) is 8.38. The van der Waals surface area contributed by atoms with Crippen LogP contribution in [0, 0.1) is 0 Å². The first-order chi connectivity index (χ1) is 22.3. The monoisotopic (exact) mass is 666 g/mol. The van der Waals surface area contributed by atoms with Gasteiger partial charge in [0, 0.05) is 30.4 Å². The topological polar surface area (TPSA) is 208 Å². The zero-order valence-corrected chi connectivity index (χ0v) is 26.8. The third-order valence-corrected chi connectivity index (χ3v) is 8.75. The van der Waals surface area contributed by atoms with Crippen LogP contribution in [0.2, 0.25) is 0 Å². The highest BCUT2D eigenvalue weighted by Gasteiger charge is 2.42. The normalized spacial score (nSPS) is 19.0. The highest BCUT2D eigenvalue weighted by Crippen LogP contribution is 2.33. The number of hydrogen-bond donors (Lipinski definition) is 6. The van der Waals surface area contributed by atoms with Gasteiger partial charge in [0.15, 0.2) is 0 Å². The Morgan fingerprint density at radius 3 is 2.43 bits per heavy atom. The number of primary amides is 1. The fourth-order valence-corrected chi connectivity index (χ4v) is 6.39. The van der Waals surface area contributed by atoms with Crippen molar-refractivity contribution in [1.82, 2.24) is 26.6 Å². The number of hydrogen-bond acceptors (Lipinski definition) is 10. The number of alkyl carbamates (subject to hydrolysis) is 1. The first kappa shape index (κ1) is 36.9. The molecule has 1 aromatic carbocycles. The van der Waals surface area contributed by atoms with Gasteiger partial charge in [-0.3, -0.25) is 14.4 Å². The number of ether oxygens (including phenoxy) is 4. The molecule has 7 N–H and O–H groups in total. The standard InChI is InChI=1S/C30H46N6O9S/c31-25(37)11-10-22(35-30(41)45-18-21-6-2-1-3-7-21)28(39)33-20-44-17-16-43-15-14-42-13-12-32-26(38)9-5-4-8-24-27-23(19-46-24)34-29(40)36-27/h1-3,6-7,22-24,27H,4-5,8-20H2,(H2,31,37)(H,32,38)(H,33,39)(H,35,41)(H2,34,36,40). The molecule has 15 nitrogen and oxygen atoms in total. The van der Waals surface area contributed by atoms with Crippen LogP contribution in [0.3, 0.4) is 0 Å². The highest BCUT2D eigenvalue weighted by atomic mass is 32.2. The Morgan fingerprint density at radius 2 is 1.67 bits per heavy atom. The van der Waals surface area contributed by atoms with Crippen LogP contribution in [0.5, 0.6) is 0 Å². The first-order valence-corrected chi connectivity index (χ1v) is 16.6. The number of carbonyl (C=O) groups excluding carboxylic acids is 5. The van der Waals surface area contributed by atoms with Crippen molar-refractivity contribution < 1.29 is 42.9 Å². The van der Waals surface area contributed by atoms with Crippen molar-refractivity contribution >= 4 is 41.6 Å². The molecule has 2 heterocycles. The fourth-order valence-electron chi connectivity index (χ4n) is 4.84. The van der Waals surface area contributed by atoms with Crippen LogP contribution in [-0.2, 0) is 39.9 Å². The van der Waals surface area contributed by atoms with Gasteiger partial charge in [-0.15, -0.1) is 0 Å². The Hall–Kier alpha value is -3.60. The van der Waals surface area contributed by atoms with Gasteiger partial charge in [-0.2, -0.15) is 11.8 Å². The quantitative estimate of drug-likeness (QED) is 0.0542. The van der Waals surface area contributed by atoms with E-state index >= 15 is 0 Å². The SMILES string of the molecule is NC(=O)CCC(NC(=O)OCc1ccccc1)C(=O)NCOCCOCCOCCNC(=O)CCCCC1SCC2NC(=O)NC21. The van der Waals surface area contributed by atoms with E-state index in [0.29, 0.717) is 38.0 Å². The van der Waals surface area contributed by atoms with Crippen LogP contribution >= 0.6 is 11.8 Å². The number of unbranched alkanes of at least 4 members (excludes halogenated alkanes) is 1. The van der Waals surface area contributed by atoms with Crippen molar-refractivity contribution in [3.63, 3.8) is 0 Å². The number of rotatable bonds is 23. The molecule has 2 saturated heterocycles. The summed E-state index contributed by atoms with van der Waals surface area (Å²) in [7, 11) is 0. The lowest BCUT2D eigenvalue weighted by Crippen LogP contribution is -2.47. The molecule has 6 amide bonds. The van der Waals surface area contributed by atoms with Crippen molar-refractivity contribution in [3.05, 3.63) is 35.9 Å². The molecule has 2 aliphatic rings. The van der Waals surface area contributed by atoms with Gasteiger partial charge in [-0.25, -0.2) is 9.59 Å². The number of carbonyl (C=O) groups is 5. The van der Waals surface area contributed by atoms with Crippen LogP contribution in [0.25, 0.3) is 0 Å². The smallest absolute Gasteiger partial charge is 0.408 e. The predicted molar refractivity (Wildman–Crippen MR) is 170 cm³/mol. The molecule has 4 unspecified atom stereocenters. The van der Waals surface area contributed by atoms with Crippen LogP contribution in [0.15, 0.2) is 30.3 Å². The molecular formula is C30H46N6O9S. The Labute approximate surface area is 273 Å². The van der Waals surface area contributed by atoms with Gasteiger partial charge in [0.1, 0.15) is 19.4 Å². The Kier molecular flexibility index (Phi) is 17.0. The zero-order chi connectivity index (χ0) is 33.0.